The van der Waals surface area contributed by atoms with Crippen LogP contribution in [0.5, 0.6) is 5.75 Å². The van der Waals surface area contributed by atoms with Crippen LogP contribution in [0.25, 0.3) is 0 Å². The van der Waals surface area contributed by atoms with Crippen LogP contribution in [0.4, 0.5) is 4.79 Å². The molecule has 1 rings (SSSR count). The molecule has 22 heavy (non-hydrogen) atoms. The molecule has 0 aliphatic heterocycles. The summed E-state index contributed by atoms with van der Waals surface area (Å²) in [4.78, 5) is 25.7. The maximum absolute atomic E-state index is 12.3. The predicted molar refractivity (Wildman–Crippen MR) is 83.8 cm³/mol. The minimum absolute atomic E-state index is 0.240. The van der Waals surface area contributed by atoms with Crippen molar-refractivity contribution in [3.8, 4) is 5.75 Å². The third kappa shape index (κ3) is 5.27. The highest BCUT2D eigenvalue weighted by Crippen LogP contribution is 2.20. The fraction of sp³-hybridized carbons (Fsp3) is 0.500. The zero-order valence-corrected chi connectivity index (χ0v) is 14.0. The average molecular weight is 308 g/mol. The van der Waals surface area contributed by atoms with Gasteiger partial charge in [0.2, 0.25) is 5.91 Å². The van der Waals surface area contributed by atoms with Crippen LogP contribution in [0.15, 0.2) is 24.3 Å². The summed E-state index contributed by atoms with van der Waals surface area (Å²) >= 11 is 0. The Morgan fingerprint density at radius 2 is 1.68 bits per heavy atom. The first-order chi connectivity index (χ1) is 10.1. The van der Waals surface area contributed by atoms with Crippen LogP contribution in [0.1, 0.15) is 32.4 Å². The maximum Gasteiger partial charge on any atom is 0.408 e. The lowest BCUT2D eigenvalue weighted by atomic mass is 10.1. The molecule has 0 bridgehead atoms. The van der Waals surface area contributed by atoms with Crippen molar-refractivity contribution in [2.45, 2.75) is 32.4 Å². The molecule has 2 amide bonds. The van der Waals surface area contributed by atoms with E-state index in [1.54, 1.807) is 66.2 Å². The molecule has 0 unspecified atom stereocenters. The standard InChI is InChI=1S/C16H24N2O4/c1-16(2,3)22-15(20)17-13(14(19)18(4)5)11-7-9-12(21-6)10-8-11/h7-10,13H,1-6H3,(H,17,20)/t13-/m1/s1. The lowest BCUT2D eigenvalue weighted by Crippen LogP contribution is -2.42. The molecule has 6 heteroatoms. The van der Waals surface area contributed by atoms with Gasteiger partial charge in [0, 0.05) is 14.1 Å². The number of likely N-dealkylation sites (N-methyl/N-ethyl adjacent to an activating group) is 1. The molecule has 1 atom stereocenters. The quantitative estimate of drug-likeness (QED) is 0.927. The average Bonchev–Trinajstić information content (AvgIpc) is 2.42. The Labute approximate surface area is 131 Å². The Morgan fingerprint density at radius 3 is 2.09 bits per heavy atom. The first-order valence-electron chi connectivity index (χ1n) is 6.98. The predicted octanol–water partition coefficient (Wildman–Crippen LogP) is 2.35. The van der Waals surface area contributed by atoms with Gasteiger partial charge in [-0.2, -0.15) is 0 Å². The lowest BCUT2D eigenvalue weighted by Gasteiger charge is -2.25. The van der Waals surface area contributed by atoms with Crippen molar-refractivity contribution in [1.29, 1.82) is 0 Å². The van der Waals surface area contributed by atoms with Gasteiger partial charge in [-0.3, -0.25) is 4.79 Å². The third-order valence-electron chi connectivity index (χ3n) is 2.80. The fourth-order valence-corrected chi connectivity index (χ4v) is 1.77. The molecule has 6 nitrogen and oxygen atoms in total. The van der Waals surface area contributed by atoms with E-state index in [0.29, 0.717) is 11.3 Å². The second kappa shape index (κ2) is 7.15. The van der Waals surface area contributed by atoms with Gasteiger partial charge < -0.3 is 19.7 Å². The molecule has 1 aromatic rings. The number of ether oxygens (including phenoxy) is 2. The van der Waals surface area contributed by atoms with Crippen LogP contribution < -0.4 is 10.1 Å². The second-order valence-electron chi connectivity index (χ2n) is 6.09. The molecule has 0 fully saturated rings. The smallest absolute Gasteiger partial charge is 0.408 e. The molecule has 0 radical (unpaired) electrons. The number of nitrogens with zero attached hydrogens (tertiary/aromatic N) is 1. The zero-order chi connectivity index (χ0) is 16.9. The number of alkyl carbamates (subject to hydrolysis) is 1. The SMILES string of the molecule is COc1ccc([C@@H](NC(=O)OC(C)(C)C)C(=O)N(C)C)cc1. The minimum Gasteiger partial charge on any atom is -0.497 e. The van der Waals surface area contributed by atoms with Crippen LogP contribution in [-0.2, 0) is 9.53 Å². The summed E-state index contributed by atoms with van der Waals surface area (Å²) in [5, 5.41) is 2.62. The van der Waals surface area contributed by atoms with E-state index in [1.807, 2.05) is 0 Å². The summed E-state index contributed by atoms with van der Waals surface area (Å²) in [5.74, 6) is 0.438. The Balaban J connectivity index is 2.97. The molecule has 0 aromatic heterocycles. The number of nitrogens with one attached hydrogen (secondary N) is 1. The maximum atomic E-state index is 12.3. The molecule has 0 aliphatic rings. The fourth-order valence-electron chi connectivity index (χ4n) is 1.77. The molecule has 1 aromatic carbocycles. The second-order valence-corrected chi connectivity index (χ2v) is 6.09. The Bertz CT molecular complexity index is 518. The van der Waals surface area contributed by atoms with Gasteiger partial charge in [-0.25, -0.2) is 4.79 Å². The zero-order valence-electron chi connectivity index (χ0n) is 14.0. The van der Waals surface area contributed by atoms with Crippen LogP contribution in [0.2, 0.25) is 0 Å². The summed E-state index contributed by atoms with van der Waals surface area (Å²) in [6.45, 7) is 5.30. The van der Waals surface area contributed by atoms with Gasteiger partial charge in [-0.15, -0.1) is 0 Å². The highest BCUT2D eigenvalue weighted by Gasteiger charge is 2.26. The van der Waals surface area contributed by atoms with Crippen LogP contribution >= 0.6 is 0 Å². The monoisotopic (exact) mass is 308 g/mol. The van der Waals surface area contributed by atoms with Crippen molar-refractivity contribution >= 4 is 12.0 Å². The van der Waals surface area contributed by atoms with E-state index in [-0.39, 0.29) is 5.91 Å². The largest absolute Gasteiger partial charge is 0.497 e. The van der Waals surface area contributed by atoms with Crippen molar-refractivity contribution in [2.24, 2.45) is 0 Å². The molecular weight excluding hydrogens is 284 g/mol. The number of methoxy groups -OCH3 is 1. The Morgan fingerprint density at radius 1 is 1.14 bits per heavy atom. The van der Waals surface area contributed by atoms with Crippen LogP contribution in [-0.4, -0.2) is 43.7 Å². The highest BCUT2D eigenvalue weighted by atomic mass is 16.6. The van der Waals surface area contributed by atoms with Crippen molar-refractivity contribution in [1.82, 2.24) is 10.2 Å². The van der Waals surface area contributed by atoms with E-state index in [0.717, 1.165) is 0 Å². The van der Waals surface area contributed by atoms with Gasteiger partial charge in [0.05, 0.1) is 7.11 Å². The van der Waals surface area contributed by atoms with E-state index in [9.17, 15) is 9.59 Å². The Hall–Kier alpha value is -2.24. The molecule has 0 aliphatic carbocycles. The molecular formula is C16H24N2O4. The van der Waals surface area contributed by atoms with Gasteiger partial charge in [0.15, 0.2) is 0 Å². The van der Waals surface area contributed by atoms with Crippen molar-refractivity contribution in [3.63, 3.8) is 0 Å². The molecule has 0 saturated carbocycles. The number of benzene rings is 1. The number of carbonyl (C=O) groups excluding carboxylic acids is 2. The third-order valence-corrected chi connectivity index (χ3v) is 2.80. The minimum atomic E-state index is -0.809. The molecule has 0 spiro atoms. The number of amides is 2. The number of hydrogen-bond acceptors (Lipinski definition) is 4. The summed E-state index contributed by atoms with van der Waals surface area (Å²) < 4.78 is 10.3. The van der Waals surface area contributed by atoms with Crippen molar-refractivity contribution < 1.29 is 19.1 Å². The van der Waals surface area contributed by atoms with E-state index >= 15 is 0 Å². The number of carbonyl (C=O) groups is 2. The van der Waals surface area contributed by atoms with Crippen molar-refractivity contribution in [2.75, 3.05) is 21.2 Å². The molecule has 1 N–H and O–H groups in total. The Kier molecular flexibility index (Phi) is 5.79. The first kappa shape index (κ1) is 17.8. The highest BCUT2D eigenvalue weighted by molar-refractivity contribution is 5.86. The summed E-state index contributed by atoms with van der Waals surface area (Å²) in [6.07, 6.45) is -0.636. The lowest BCUT2D eigenvalue weighted by molar-refractivity contribution is -0.131. The van der Waals surface area contributed by atoms with Gasteiger partial charge in [0.1, 0.15) is 17.4 Å². The van der Waals surface area contributed by atoms with Gasteiger partial charge in [-0.1, -0.05) is 12.1 Å². The number of hydrogen-bond donors (Lipinski definition) is 1. The summed E-state index contributed by atoms with van der Waals surface area (Å²) in [7, 11) is 4.83. The normalized spacial score (nSPS) is 12.3. The van der Waals surface area contributed by atoms with Crippen LogP contribution in [0, 0.1) is 0 Å². The van der Waals surface area contributed by atoms with E-state index < -0.39 is 17.7 Å². The first-order valence-corrected chi connectivity index (χ1v) is 6.98. The summed E-state index contributed by atoms with van der Waals surface area (Å²) in [5.41, 5.74) is 0.0285. The molecule has 122 valence electrons. The van der Waals surface area contributed by atoms with E-state index in [2.05, 4.69) is 5.32 Å². The van der Waals surface area contributed by atoms with E-state index in [4.69, 9.17) is 9.47 Å². The molecule has 0 saturated heterocycles. The van der Waals surface area contributed by atoms with Crippen molar-refractivity contribution in [3.05, 3.63) is 29.8 Å². The van der Waals surface area contributed by atoms with E-state index in [1.165, 1.54) is 4.90 Å². The van der Waals surface area contributed by atoms with Gasteiger partial charge in [0.25, 0.3) is 0 Å². The van der Waals surface area contributed by atoms with Crippen LogP contribution in [0.3, 0.4) is 0 Å². The summed E-state index contributed by atoms with van der Waals surface area (Å²) in [6, 6.07) is 6.14. The topological polar surface area (TPSA) is 67.9 Å². The molecule has 0 heterocycles. The van der Waals surface area contributed by atoms with Gasteiger partial charge in [-0.05, 0) is 38.5 Å². The van der Waals surface area contributed by atoms with Gasteiger partial charge >= 0.3 is 6.09 Å². The number of rotatable bonds is 4.